The quantitative estimate of drug-likeness (QED) is 0.862. The molecule has 5 heteroatoms. The molecule has 1 aromatic carbocycles. The topological polar surface area (TPSA) is 34.0 Å². The number of hydrogen-bond donors (Lipinski definition) is 1. The molecule has 1 aromatic heterocycles. The van der Waals surface area contributed by atoms with Crippen molar-refractivity contribution in [1.82, 2.24) is 4.57 Å². The van der Waals surface area contributed by atoms with Crippen LogP contribution in [0.25, 0.3) is 0 Å². The molecule has 0 spiro atoms. The van der Waals surface area contributed by atoms with Crippen molar-refractivity contribution in [2.45, 2.75) is 32.9 Å². The number of halogens is 2. The molecule has 0 bridgehead atoms. The number of pyridine rings is 1. The molecule has 0 aliphatic carbocycles. The van der Waals surface area contributed by atoms with Crippen LogP contribution in [0.3, 0.4) is 0 Å². The van der Waals surface area contributed by atoms with Crippen LogP contribution in [0.2, 0.25) is 10.0 Å². The largest absolute Gasteiger partial charge is 0.377 e. The van der Waals surface area contributed by atoms with Crippen molar-refractivity contribution in [3.63, 3.8) is 0 Å². The van der Waals surface area contributed by atoms with Gasteiger partial charge in [0.2, 0.25) is 0 Å². The van der Waals surface area contributed by atoms with E-state index in [1.54, 1.807) is 22.8 Å². The van der Waals surface area contributed by atoms with E-state index in [0.29, 0.717) is 16.6 Å². The summed E-state index contributed by atoms with van der Waals surface area (Å²) in [5, 5.41) is 4.60. The highest BCUT2D eigenvalue weighted by Crippen LogP contribution is 2.28. The normalized spacial score (nSPS) is 12.2. The van der Waals surface area contributed by atoms with Crippen LogP contribution in [0.15, 0.2) is 41.3 Å². The molecule has 3 nitrogen and oxygen atoms in total. The predicted octanol–water partition coefficient (Wildman–Crippen LogP) is 4.74. The van der Waals surface area contributed by atoms with Crippen molar-refractivity contribution < 1.29 is 0 Å². The van der Waals surface area contributed by atoms with Gasteiger partial charge in [0.1, 0.15) is 0 Å². The third-order valence-electron chi connectivity index (χ3n) is 3.26. The first kappa shape index (κ1) is 15.9. The smallest absolute Gasteiger partial charge is 0.250 e. The van der Waals surface area contributed by atoms with Crippen LogP contribution in [0.1, 0.15) is 31.9 Å². The fourth-order valence-corrected chi connectivity index (χ4v) is 2.78. The van der Waals surface area contributed by atoms with Gasteiger partial charge in [-0.05, 0) is 37.1 Å². The summed E-state index contributed by atoms with van der Waals surface area (Å²) in [6.45, 7) is 4.78. The van der Waals surface area contributed by atoms with Crippen LogP contribution >= 0.6 is 23.2 Å². The number of anilines is 1. The van der Waals surface area contributed by atoms with Gasteiger partial charge in [0.25, 0.3) is 5.56 Å². The number of aryl methyl sites for hydroxylation is 1. The lowest BCUT2D eigenvalue weighted by Crippen LogP contribution is -2.19. The van der Waals surface area contributed by atoms with Crippen LogP contribution in [-0.2, 0) is 6.54 Å². The van der Waals surface area contributed by atoms with Gasteiger partial charge in [0, 0.05) is 28.9 Å². The third-order valence-corrected chi connectivity index (χ3v) is 3.82. The number of hydrogen-bond acceptors (Lipinski definition) is 2. The molecule has 2 rings (SSSR count). The molecule has 1 unspecified atom stereocenters. The lowest BCUT2D eigenvalue weighted by Gasteiger charge is -2.18. The molecule has 1 atom stereocenters. The summed E-state index contributed by atoms with van der Waals surface area (Å²) >= 11 is 12.1. The Bertz CT molecular complexity index is 682. The third kappa shape index (κ3) is 4.02. The maximum atomic E-state index is 11.7. The molecule has 0 amide bonds. The highest BCUT2D eigenvalue weighted by Gasteiger charge is 2.10. The molecule has 0 aliphatic rings. The Kier molecular flexibility index (Phi) is 5.32. The van der Waals surface area contributed by atoms with E-state index in [2.05, 4.69) is 5.32 Å². The number of nitrogens with zero attached hydrogens (tertiary/aromatic N) is 1. The van der Waals surface area contributed by atoms with Crippen molar-refractivity contribution in [3.8, 4) is 0 Å². The molecule has 0 radical (unpaired) electrons. The molecule has 112 valence electrons. The Hall–Kier alpha value is -1.45. The highest BCUT2D eigenvalue weighted by molar-refractivity contribution is 6.35. The van der Waals surface area contributed by atoms with E-state index in [9.17, 15) is 4.79 Å². The van der Waals surface area contributed by atoms with Gasteiger partial charge >= 0.3 is 0 Å². The van der Waals surface area contributed by atoms with E-state index in [4.69, 9.17) is 23.2 Å². The maximum Gasteiger partial charge on any atom is 0.250 e. The van der Waals surface area contributed by atoms with E-state index in [-0.39, 0.29) is 11.6 Å². The van der Waals surface area contributed by atoms with Crippen molar-refractivity contribution >= 4 is 28.9 Å². The summed E-state index contributed by atoms with van der Waals surface area (Å²) in [6, 6.07) is 8.84. The summed E-state index contributed by atoms with van der Waals surface area (Å²) < 4.78 is 1.71. The van der Waals surface area contributed by atoms with Crippen LogP contribution < -0.4 is 10.9 Å². The van der Waals surface area contributed by atoms with Crippen LogP contribution in [0, 0.1) is 0 Å². The Morgan fingerprint density at radius 1 is 1.24 bits per heavy atom. The molecule has 2 aromatic rings. The van der Waals surface area contributed by atoms with Gasteiger partial charge in [-0.1, -0.05) is 36.2 Å². The van der Waals surface area contributed by atoms with Crippen LogP contribution in [0.4, 0.5) is 5.69 Å². The number of rotatable bonds is 5. The fourth-order valence-electron chi connectivity index (χ4n) is 2.21. The van der Waals surface area contributed by atoms with Crippen molar-refractivity contribution in [2.75, 3.05) is 5.32 Å². The zero-order chi connectivity index (χ0) is 15.4. The monoisotopic (exact) mass is 324 g/mol. The molecule has 1 heterocycles. The van der Waals surface area contributed by atoms with Gasteiger partial charge in [-0.25, -0.2) is 0 Å². The average molecular weight is 325 g/mol. The lowest BCUT2D eigenvalue weighted by atomic mass is 10.1. The second kappa shape index (κ2) is 7.01. The molecular formula is C16H18Cl2N2O. The zero-order valence-corrected chi connectivity index (χ0v) is 13.6. The van der Waals surface area contributed by atoms with E-state index < -0.39 is 0 Å². The SMILES string of the molecule is CCCn1cc(NC(C)c2ccc(Cl)cc2Cl)ccc1=O. The Morgan fingerprint density at radius 3 is 2.67 bits per heavy atom. The summed E-state index contributed by atoms with van der Waals surface area (Å²) in [5.41, 5.74) is 1.87. The molecule has 0 saturated heterocycles. The van der Waals surface area contributed by atoms with Gasteiger partial charge < -0.3 is 9.88 Å². The first-order valence-electron chi connectivity index (χ1n) is 6.93. The Balaban J connectivity index is 2.21. The molecule has 0 fully saturated rings. The first-order valence-corrected chi connectivity index (χ1v) is 7.69. The zero-order valence-electron chi connectivity index (χ0n) is 12.1. The number of nitrogens with one attached hydrogen (secondary N) is 1. The number of benzene rings is 1. The van der Waals surface area contributed by atoms with Crippen molar-refractivity contribution in [1.29, 1.82) is 0 Å². The average Bonchev–Trinajstić information content (AvgIpc) is 2.42. The molecule has 0 aliphatic heterocycles. The number of aromatic nitrogens is 1. The van der Waals surface area contributed by atoms with E-state index in [0.717, 1.165) is 17.7 Å². The van der Waals surface area contributed by atoms with E-state index in [1.807, 2.05) is 32.2 Å². The maximum absolute atomic E-state index is 11.7. The van der Waals surface area contributed by atoms with Gasteiger partial charge in [-0.15, -0.1) is 0 Å². The van der Waals surface area contributed by atoms with Gasteiger partial charge in [0.05, 0.1) is 11.7 Å². The lowest BCUT2D eigenvalue weighted by molar-refractivity contribution is 0.654. The summed E-state index contributed by atoms with van der Waals surface area (Å²) in [5.74, 6) is 0. The van der Waals surface area contributed by atoms with E-state index in [1.165, 1.54) is 0 Å². The van der Waals surface area contributed by atoms with Gasteiger partial charge in [0.15, 0.2) is 0 Å². The minimum Gasteiger partial charge on any atom is -0.377 e. The van der Waals surface area contributed by atoms with Gasteiger partial charge in [-0.2, -0.15) is 0 Å². The van der Waals surface area contributed by atoms with Crippen molar-refractivity contribution in [3.05, 3.63) is 62.5 Å². The van der Waals surface area contributed by atoms with E-state index >= 15 is 0 Å². The van der Waals surface area contributed by atoms with Crippen LogP contribution in [0.5, 0.6) is 0 Å². The Morgan fingerprint density at radius 2 is 2.00 bits per heavy atom. The van der Waals surface area contributed by atoms with Crippen LogP contribution in [-0.4, -0.2) is 4.57 Å². The fraction of sp³-hybridized carbons (Fsp3) is 0.312. The molecular weight excluding hydrogens is 307 g/mol. The molecule has 1 N–H and O–H groups in total. The van der Waals surface area contributed by atoms with Gasteiger partial charge in [-0.3, -0.25) is 4.79 Å². The predicted molar refractivity (Wildman–Crippen MR) is 89.5 cm³/mol. The summed E-state index contributed by atoms with van der Waals surface area (Å²) in [6.07, 6.45) is 2.76. The standard InChI is InChI=1S/C16H18Cl2N2O/c1-3-8-20-10-13(5-7-16(20)21)19-11(2)14-6-4-12(17)9-15(14)18/h4-7,9-11,19H,3,8H2,1-2H3. The molecule has 0 saturated carbocycles. The minimum absolute atomic E-state index is 0.0135. The second-order valence-electron chi connectivity index (χ2n) is 4.98. The molecule has 21 heavy (non-hydrogen) atoms. The second-order valence-corrected chi connectivity index (χ2v) is 5.82. The summed E-state index contributed by atoms with van der Waals surface area (Å²) in [4.78, 5) is 11.7. The summed E-state index contributed by atoms with van der Waals surface area (Å²) in [7, 11) is 0. The highest BCUT2D eigenvalue weighted by atomic mass is 35.5. The first-order chi connectivity index (χ1) is 10.0. The Labute approximate surface area is 134 Å². The van der Waals surface area contributed by atoms with Crippen molar-refractivity contribution in [2.24, 2.45) is 0 Å². The minimum atomic E-state index is 0.0135.